The number of ether oxygens (including phenoxy) is 3. The number of nitrogens with zero attached hydrogens (tertiary/aromatic N) is 1. The van der Waals surface area contributed by atoms with Crippen LogP contribution >= 0.6 is 35.7 Å². The van der Waals surface area contributed by atoms with Crippen molar-refractivity contribution in [1.82, 2.24) is 10.6 Å². The lowest BCUT2D eigenvalue weighted by Crippen LogP contribution is -2.48. The molecule has 0 spiro atoms. The molecule has 1 atom stereocenters. The average Bonchev–Trinajstić information content (AvgIpc) is 3.11. The second-order valence-electron chi connectivity index (χ2n) is 6.06. The highest BCUT2D eigenvalue weighted by atomic mass is 127. The van der Waals surface area contributed by atoms with Crippen LogP contribution in [0.1, 0.15) is 25.7 Å². The van der Waals surface area contributed by atoms with Gasteiger partial charge < -0.3 is 24.8 Å². The second-order valence-corrected chi connectivity index (χ2v) is 7.34. The fraction of sp³-hybridized carbons (Fsp3) is 0.938. The van der Waals surface area contributed by atoms with Crippen molar-refractivity contribution in [2.24, 2.45) is 4.99 Å². The van der Waals surface area contributed by atoms with Gasteiger partial charge in [0.25, 0.3) is 0 Å². The first-order valence-corrected chi connectivity index (χ1v) is 9.77. The van der Waals surface area contributed by atoms with Crippen LogP contribution in [0.2, 0.25) is 0 Å². The van der Waals surface area contributed by atoms with E-state index in [1.807, 2.05) is 18.8 Å². The third-order valence-corrected chi connectivity index (χ3v) is 5.91. The Morgan fingerprint density at radius 3 is 2.67 bits per heavy atom. The van der Waals surface area contributed by atoms with Gasteiger partial charge in [-0.3, -0.25) is 4.99 Å². The first-order valence-electron chi connectivity index (χ1n) is 8.55. The molecule has 24 heavy (non-hydrogen) atoms. The number of guanidine groups is 1. The van der Waals surface area contributed by atoms with Gasteiger partial charge in [0.2, 0.25) is 0 Å². The van der Waals surface area contributed by atoms with E-state index in [0.717, 1.165) is 77.8 Å². The van der Waals surface area contributed by atoms with E-state index >= 15 is 0 Å². The molecular weight excluding hydrogens is 441 g/mol. The standard InChI is InChI=1S/C16H31N3O3S.HI/c1-17-15(18-7-3-8-22-14-4-9-21-12-14)19-13-16(23-2)5-10-20-11-6-16;/h14H,3-13H2,1-2H3,(H2,17,18,19);1H. The summed E-state index contributed by atoms with van der Waals surface area (Å²) in [5.74, 6) is 0.870. The minimum absolute atomic E-state index is 0. The van der Waals surface area contributed by atoms with E-state index in [2.05, 4.69) is 21.9 Å². The van der Waals surface area contributed by atoms with Crippen molar-refractivity contribution < 1.29 is 14.2 Å². The number of halogens is 1. The summed E-state index contributed by atoms with van der Waals surface area (Å²) in [6.07, 6.45) is 6.66. The van der Waals surface area contributed by atoms with Crippen LogP contribution in [0.25, 0.3) is 0 Å². The van der Waals surface area contributed by atoms with Crippen molar-refractivity contribution in [2.45, 2.75) is 36.5 Å². The van der Waals surface area contributed by atoms with Crippen LogP contribution in [0.15, 0.2) is 4.99 Å². The zero-order valence-corrected chi connectivity index (χ0v) is 18.0. The van der Waals surface area contributed by atoms with E-state index in [0.29, 0.717) is 6.10 Å². The fourth-order valence-electron chi connectivity index (χ4n) is 2.84. The highest BCUT2D eigenvalue weighted by molar-refractivity contribution is 14.0. The fourth-order valence-corrected chi connectivity index (χ4v) is 3.63. The molecule has 0 amide bonds. The van der Waals surface area contributed by atoms with Gasteiger partial charge in [-0.1, -0.05) is 0 Å². The first-order chi connectivity index (χ1) is 11.3. The number of hydrogen-bond acceptors (Lipinski definition) is 5. The summed E-state index contributed by atoms with van der Waals surface area (Å²) in [5, 5.41) is 6.83. The van der Waals surface area contributed by atoms with Gasteiger partial charge in [0.15, 0.2) is 5.96 Å². The topological polar surface area (TPSA) is 64.1 Å². The van der Waals surface area contributed by atoms with Gasteiger partial charge in [0.1, 0.15) is 0 Å². The van der Waals surface area contributed by atoms with E-state index < -0.39 is 0 Å². The third kappa shape index (κ3) is 7.63. The average molecular weight is 473 g/mol. The van der Waals surface area contributed by atoms with Gasteiger partial charge in [0.05, 0.1) is 12.7 Å². The number of rotatable bonds is 8. The number of thioether (sulfide) groups is 1. The third-order valence-electron chi connectivity index (χ3n) is 4.49. The van der Waals surface area contributed by atoms with Gasteiger partial charge >= 0.3 is 0 Å². The molecule has 2 heterocycles. The van der Waals surface area contributed by atoms with Crippen LogP contribution in [-0.4, -0.2) is 76.2 Å². The Balaban J connectivity index is 0.00000288. The molecule has 0 bridgehead atoms. The second kappa shape index (κ2) is 12.6. The van der Waals surface area contributed by atoms with Gasteiger partial charge in [-0.25, -0.2) is 0 Å². The molecule has 0 aliphatic carbocycles. The molecule has 1 unspecified atom stereocenters. The van der Waals surface area contributed by atoms with Gasteiger partial charge in [-0.2, -0.15) is 11.8 Å². The molecular formula is C16H32IN3O3S. The number of hydrogen-bond donors (Lipinski definition) is 2. The molecule has 2 N–H and O–H groups in total. The molecule has 142 valence electrons. The minimum atomic E-state index is 0. The molecule has 0 radical (unpaired) electrons. The molecule has 0 saturated carbocycles. The maximum Gasteiger partial charge on any atom is 0.191 e. The highest BCUT2D eigenvalue weighted by Gasteiger charge is 2.31. The Morgan fingerprint density at radius 1 is 1.25 bits per heavy atom. The Morgan fingerprint density at radius 2 is 2.04 bits per heavy atom. The summed E-state index contributed by atoms with van der Waals surface area (Å²) < 4.78 is 16.8. The smallest absolute Gasteiger partial charge is 0.191 e. The van der Waals surface area contributed by atoms with Gasteiger partial charge in [-0.15, -0.1) is 24.0 Å². The molecule has 0 aromatic carbocycles. The lowest BCUT2D eigenvalue weighted by atomic mass is 9.99. The maximum absolute atomic E-state index is 5.76. The lowest BCUT2D eigenvalue weighted by Gasteiger charge is -2.36. The van der Waals surface area contributed by atoms with Crippen molar-refractivity contribution in [1.29, 1.82) is 0 Å². The molecule has 2 saturated heterocycles. The molecule has 2 rings (SSSR count). The largest absolute Gasteiger partial charge is 0.381 e. The molecule has 0 aromatic heterocycles. The van der Waals surface area contributed by atoms with E-state index in [1.54, 1.807) is 0 Å². The summed E-state index contributed by atoms with van der Waals surface area (Å²) in [7, 11) is 1.82. The minimum Gasteiger partial charge on any atom is -0.381 e. The van der Waals surface area contributed by atoms with Crippen LogP contribution in [0.5, 0.6) is 0 Å². The molecule has 6 nitrogen and oxygen atoms in total. The molecule has 2 fully saturated rings. The number of aliphatic imine (C=N–C) groups is 1. The normalized spacial score (nSPS) is 23.6. The van der Waals surface area contributed by atoms with Crippen molar-refractivity contribution in [2.75, 3.05) is 59.4 Å². The molecule has 0 aromatic rings. The molecule has 2 aliphatic heterocycles. The Bertz CT molecular complexity index is 362. The Kier molecular flexibility index (Phi) is 11.7. The van der Waals surface area contributed by atoms with E-state index in [1.165, 1.54) is 0 Å². The summed E-state index contributed by atoms with van der Waals surface area (Å²) in [5.41, 5.74) is 0. The van der Waals surface area contributed by atoms with E-state index in [4.69, 9.17) is 14.2 Å². The Hall–Kier alpha value is 0.230. The van der Waals surface area contributed by atoms with Crippen LogP contribution in [-0.2, 0) is 14.2 Å². The van der Waals surface area contributed by atoms with E-state index in [-0.39, 0.29) is 28.7 Å². The van der Waals surface area contributed by atoms with Gasteiger partial charge in [0, 0.05) is 51.3 Å². The summed E-state index contributed by atoms with van der Waals surface area (Å²) >= 11 is 1.93. The zero-order chi connectivity index (χ0) is 16.4. The summed E-state index contributed by atoms with van der Waals surface area (Å²) in [6, 6.07) is 0. The SMILES string of the molecule is CN=C(NCCCOC1CCOC1)NCC1(SC)CCOCC1.I. The van der Waals surface area contributed by atoms with Crippen LogP contribution in [0.4, 0.5) is 0 Å². The molecule has 8 heteroatoms. The van der Waals surface area contributed by atoms with Crippen molar-refractivity contribution >= 4 is 41.7 Å². The van der Waals surface area contributed by atoms with Crippen LogP contribution in [0.3, 0.4) is 0 Å². The van der Waals surface area contributed by atoms with Crippen LogP contribution < -0.4 is 10.6 Å². The van der Waals surface area contributed by atoms with Crippen molar-refractivity contribution in [3.8, 4) is 0 Å². The lowest BCUT2D eigenvalue weighted by molar-refractivity contribution is 0.0420. The van der Waals surface area contributed by atoms with Gasteiger partial charge in [-0.05, 0) is 31.9 Å². The summed E-state index contributed by atoms with van der Waals surface area (Å²) in [4.78, 5) is 4.31. The quantitative estimate of drug-likeness (QED) is 0.243. The van der Waals surface area contributed by atoms with Crippen LogP contribution in [0, 0.1) is 0 Å². The van der Waals surface area contributed by atoms with Crippen molar-refractivity contribution in [3.05, 3.63) is 0 Å². The van der Waals surface area contributed by atoms with Crippen molar-refractivity contribution in [3.63, 3.8) is 0 Å². The predicted octanol–water partition coefficient (Wildman–Crippen LogP) is 1.88. The predicted molar refractivity (Wildman–Crippen MR) is 111 cm³/mol. The zero-order valence-electron chi connectivity index (χ0n) is 14.8. The van der Waals surface area contributed by atoms with E-state index in [9.17, 15) is 0 Å². The monoisotopic (exact) mass is 473 g/mol. The number of nitrogens with one attached hydrogen (secondary N) is 2. The highest BCUT2D eigenvalue weighted by Crippen LogP contribution is 2.32. The Labute approximate surface area is 167 Å². The maximum atomic E-state index is 5.76. The molecule has 2 aliphatic rings. The first kappa shape index (κ1) is 22.3. The summed E-state index contributed by atoms with van der Waals surface area (Å²) in [6.45, 7) is 5.85.